The second-order valence-corrected chi connectivity index (χ2v) is 7.83. The number of rotatable bonds is 6. The summed E-state index contributed by atoms with van der Waals surface area (Å²) in [5.74, 6) is 2.82. The second-order valence-electron chi connectivity index (χ2n) is 6.98. The number of terminal acetylenes is 1. The molecule has 1 aromatic carbocycles. The van der Waals surface area contributed by atoms with Crippen LogP contribution in [0.5, 0.6) is 11.5 Å². The summed E-state index contributed by atoms with van der Waals surface area (Å²) in [6, 6.07) is 3.47. The molecular formula is C21H19BrN2O4. The number of allylic oxidation sites excluding steroid dienone is 2. The minimum Gasteiger partial charge on any atom is -0.490 e. The van der Waals surface area contributed by atoms with E-state index in [-0.39, 0.29) is 42.1 Å². The molecule has 28 heavy (non-hydrogen) atoms. The molecule has 3 aliphatic rings. The minimum atomic E-state index is -0.262. The van der Waals surface area contributed by atoms with E-state index in [0.717, 1.165) is 11.4 Å². The van der Waals surface area contributed by atoms with Gasteiger partial charge in [0.05, 0.1) is 24.7 Å². The van der Waals surface area contributed by atoms with Crippen LogP contribution in [0, 0.1) is 36.0 Å². The zero-order chi connectivity index (χ0) is 19.8. The Morgan fingerprint density at radius 1 is 1.21 bits per heavy atom. The van der Waals surface area contributed by atoms with Gasteiger partial charge in [-0.15, -0.1) is 6.42 Å². The van der Waals surface area contributed by atoms with Crippen LogP contribution in [-0.4, -0.2) is 36.3 Å². The molecule has 0 spiro atoms. The molecule has 1 aliphatic heterocycles. The summed E-state index contributed by atoms with van der Waals surface area (Å²) < 4.78 is 11.8. The Hall–Kier alpha value is -2.59. The topological polar surface area (TPSA) is 68.2 Å². The molecule has 0 radical (unpaired) electrons. The van der Waals surface area contributed by atoms with Gasteiger partial charge in [0.15, 0.2) is 11.5 Å². The Labute approximate surface area is 171 Å². The number of ether oxygens (including phenoxy) is 2. The predicted molar refractivity (Wildman–Crippen MR) is 107 cm³/mol. The third-order valence-electron chi connectivity index (χ3n) is 5.43. The van der Waals surface area contributed by atoms with Crippen molar-refractivity contribution in [3.63, 3.8) is 0 Å². The summed E-state index contributed by atoms with van der Waals surface area (Å²) >= 11 is 3.47. The molecular weight excluding hydrogens is 424 g/mol. The van der Waals surface area contributed by atoms with Crippen molar-refractivity contribution in [2.75, 3.05) is 13.2 Å². The second kappa shape index (κ2) is 7.44. The van der Waals surface area contributed by atoms with Gasteiger partial charge in [-0.2, -0.15) is 10.1 Å². The number of imide groups is 1. The minimum absolute atomic E-state index is 0.121. The maximum Gasteiger partial charge on any atom is 0.254 e. The molecule has 2 aliphatic carbocycles. The van der Waals surface area contributed by atoms with Crippen LogP contribution in [0.3, 0.4) is 0 Å². The van der Waals surface area contributed by atoms with Gasteiger partial charge in [-0.1, -0.05) is 18.1 Å². The highest BCUT2D eigenvalue weighted by Crippen LogP contribution is 2.52. The van der Waals surface area contributed by atoms with Crippen LogP contribution < -0.4 is 9.47 Å². The molecule has 1 aromatic rings. The summed E-state index contributed by atoms with van der Waals surface area (Å²) in [6.45, 7) is 2.44. The van der Waals surface area contributed by atoms with Crippen molar-refractivity contribution in [1.29, 1.82) is 0 Å². The Bertz CT molecular complexity index is 903. The van der Waals surface area contributed by atoms with E-state index in [9.17, 15) is 9.59 Å². The van der Waals surface area contributed by atoms with Crippen molar-refractivity contribution in [3.8, 4) is 23.8 Å². The lowest BCUT2D eigenvalue weighted by Crippen LogP contribution is -2.28. The van der Waals surface area contributed by atoms with E-state index in [2.05, 4.69) is 39.1 Å². The molecule has 1 saturated carbocycles. The molecule has 2 amide bonds. The maximum absolute atomic E-state index is 12.7. The summed E-state index contributed by atoms with van der Waals surface area (Å²) in [5, 5.41) is 5.24. The van der Waals surface area contributed by atoms with E-state index < -0.39 is 0 Å². The predicted octanol–water partition coefficient (Wildman–Crippen LogP) is 3.00. The van der Waals surface area contributed by atoms with Crippen LogP contribution >= 0.6 is 15.9 Å². The number of halogens is 1. The number of carbonyl (C=O) groups is 2. The first-order valence-electron chi connectivity index (χ1n) is 9.17. The Balaban J connectivity index is 1.58. The third-order valence-corrected chi connectivity index (χ3v) is 6.12. The molecule has 0 N–H and O–H groups in total. The van der Waals surface area contributed by atoms with Crippen molar-refractivity contribution >= 4 is 34.0 Å². The van der Waals surface area contributed by atoms with Gasteiger partial charge < -0.3 is 9.47 Å². The fraction of sp³-hybridized carbons (Fsp3) is 0.381. The monoisotopic (exact) mass is 442 g/mol. The Morgan fingerprint density at radius 2 is 1.86 bits per heavy atom. The summed E-state index contributed by atoms with van der Waals surface area (Å²) in [6.07, 6.45) is 11.8. The molecule has 7 heteroatoms. The van der Waals surface area contributed by atoms with Crippen LogP contribution in [0.15, 0.2) is 33.9 Å². The van der Waals surface area contributed by atoms with E-state index in [1.807, 2.05) is 6.92 Å². The van der Waals surface area contributed by atoms with E-state index >= 15 is 0 Å². The summed E-state index contributed by atoms with van der Waals surface area (Å²) in [5.41, 5.74) is 0.662. The zero-order valence-corrected chi connectivity index (χ0v) is 16.9. The van der Waals surface area contributed by atoms with Crippen molar-refractivity contribution < 1.29 is 19.1 Å². The highest BCUT2D eigenvalue weighted by Gasteiger charge is 2.59. The summed E-state index contributed by atoms with van der Waals surface area (Å²) in [4.78, 5) is 25.4. The molecule has 2 bridgehead atoms. The number of amides is 2. The average Bonchev–Trinajstić information content (AvgIpc) is 3.35. The Kier molecular flexibility index (Phi) is 4.98. The van der Waals surface area contributed by atoms with Crippen LogP contribution in [0.1, 0.15) is 18.9 Å². The van der Waals surface area contributed by atoms with E-state index in [4.69, 9.17) is 15.9 Å². The first-order valence-corrected chi connectivity index (χ1v) is 9.97. The number of hydrogen-bond donors (Lipinski definition) is 0. The van der Waals surface area contributed by atoms with Crippen molar-refractivity contribution in [2.24, 2.45) is 28.8 Å². The normalized spacial score (nSPS) is 27.5. The lowest BCUT2D eigenvalue weighted by Gasteiger charge is -2.13. The molecule has 6 nitrogen and oxygen atoms in total. The standard InChI is InChI=1S/C21H19BrN2O4/c1-3-7-28-17-10-15(22)14(9-16(17)27-4-2)11-23-24-20(25)18-12-5-6-13(8-12)19(18)21(24)26/h1,5-6,9-13,18-19H,4,7-8H2,2H3/t12-,13-,18-,19+/m0/s1. The fourth-order valence-corrected chi connectivity index (χ4v) is 4.70. The van der Waals surface area contributed by atoms with Crippen LogP contribution in [0.4, 0.5) is 0 Å². The number of carbonyl (C=O) groups excluding carboxylic acids is 2. The van der Waals surface area contributed by atoms with Gasteiger partial charge in [0, 0.05) is 10.0 Å². The lowest BCUT2D eigenvalue weighted by atomic mass is 9.85. The van der Waals surface area contributed by atoms with Gasteiger partial charge in [-0.05, 0) is 53.2 Å². The van der Waals surface area contributed by atoms with Gasteiger partial charge in [-0.25, -0.2) is 0 Å². The fourth-order valence-electron chi connectivity index (χ4n) is 4.27. The van der Waals surface area contributed by atoms with Gasteiger partial charge in [0.2, 0.25) is 0 Å². The van der Waals surface area contributed by atoms with Gasteiger partial charge in [0.25, 0.3) is 11.8 Å². The number of hydrazone groups is 1. The molecule has 0 aromatic heterocycles. The van der Waals surface area contributed by atoms with Crippen LogP contribution in [0.2, 0.25) is 0 Å². The first kappa shape index (κ1) is 18.8. The molecule has 2 fully saturated rings. The zero-order valence-electron chi connectivity index (χ0n) is 15.3. The van der Waals surface area contributed by atoms with Crippen molar-refractivity contribution in [1.82, 2.24) is 5.01 Å². The smallest absolute Gasteiger partial charge is 0.254 e. The number of fused-ring (bicyclic) bond motifs is 5. The molecule has 4 atom stereocenters. The highest BCUT2D eigenvalue weighted by atomic mass is 79.9. The lowest BCUT2D eigenvalue weighted by molar-refractivity contribution is -0.140. The first-order chi connectivity index (χ1) is 13.5. The molecule has 144 valence electrons. The van der Waals surface area contributed by atoms with E-state index in [1.165, 1.54) is 6.21 Å². The third kappa shape index (κ3) is 3.02. The van der Waals surface area contributed by atoms with Crippen LogP contribution in [0.25, 0.3) is 0 Å². The number of nitrogens with zero attached hydrogens (tertiary/aromatic N) is 2. The van der Waals surface area contributed by atoms with Crippen molar-refractivity contribution in [3.05, 3.63) is 34.3 Å². The molecule has 1 saturated heterocycles. The quantitative estimate of drug-likeness (QED) is 0.294. The van der Waals surface area contributed by atoms with Gasteiger partial charge in [0.1, 0.15) is 6.61 Å². The van der Waals surface area contributed by atoms with E-state index in [0.29, 0.717) is 28.1 Å². The van der Waals surface area contributed by atoms with E-state index in [1.54, 1.807) is 12.1 Å². The number of hydrogen-bond acceptors (Lipinski definition) is 5. The number of benzene rings is 1. The molecule has 4 rings (SSSR count). The molecule has 0 unspecified atom stereocenters. The maximum atomic E-state index is 12.7. The van der Waals surface area contributed by atoms with Gasteiger partial charge in [-0.3, -0.25) is 9.59 Å². The molecule has 1 heterocycles. The van der Waals surface area contributed by atoms with Crippen LogP contribution in [-0.2, 0) is 9.59 Å². The summed E-state index contributed by atoms with van der Waals surface area (Å²) in [7, 11) is 0. The van der Waals surface area contributed by atoms with Gasteiger partial charge >= 0.3 is 0 Å². The SMILES string of the molecule is C#CCOc1cc(Br)c(C=NN2C(=O)[C@@H]3[C@H](C2=O)[C@H]2C=C[C@H]3C2)cc1OCC. The highest BCUT2D eigenvalue weighted by molar-refractivity contribution is 9.10. The Morgan fingerprint density at radius 3 is 2.46 bits per heavy atom. The van der Waals surface area contributed by atoms with Crippen molar-refractivity contribution in [2.45, 2.75) is 13.3 Å². The largest absolute Gasteiger partial charge is 0.490 e. The average molecular weight is 443 g/mol.